The van der Waals surface area contributed by atoms with Gasteiger partial charge in [-0.05, 0) is 48.4 Å². The molecule has 42 heavy (non-hydrogen) atoms. The van der Waals surface area contributed by atoms with Gasteiger partial charge in [0.05, 0.1) is 32.1 Å². The number of sulfonamides is 1. The van der Waals surface area contributed by atoms with E-state index < -0.39 is 21.3 Å². The van der Waals surface area contributed by atoms with Crippen molar-refractivity contribution >= 4 is 60.8 Å². The van der Waals surface area contributed by atoms with Crippen LogP contribution >= 0.6 is 23.1 Å². The molecule has 0 spiro atoms. The first-order valence-electron chi connectivity index (χ1n) is 12.9. The molecule has 1 amide bonds. The number of fused-ring (bicyclic) bond motifs is 2. The van der Waals surface area contributed by atoms with E-state index >= 15 is 0 Å². The number of thioether (sulfide) groups is 1. The summed E-state index contributed by atoms with van der Waals surface area (Å²) in [5, 5.41) is 11.6. The predicted octanol–water partition coefficient (Wildman–Crippen LogP) is 4.29. The summed E-state index contributed by atoms with van der Waals surface area (Å²) in [4.78, 5) is 26.3. The highest BCUT2D eigenvalue weighted by Gasteiger charge is 2.31. The molecule has 2 atom stereocenters. The highest BCUT2D eigenvalue weighted by Crippen LogP contribution is 2.35. The van der Waals surface area contributed by atoms with Crippen molar-refractivity contribution in [2.24, 2.45) is 5.73 Å². The van der Waals surface area contributed by atoms with Crippen LogP contribution in [-0.2, 0) is 27.7 Å². The molecular weight excluding hydrogens is 591 g/mol. The van der Waals surface area contributed by atoms with Crippen LogP contribution in [0.2, 0.25) is 0 Å². The molecule has 0 saturated heterocycles. The number of amidine groups is 1. The van der Waals surface area contributed by atoms with Gasteiger partial charge in [-0.1, -0.05) is 48.2 Å². The topological polar surface area (TPSA) is 164 Å². The lowest BCUT2D eigenvalue weighted by Crippen LogP contribution is -2.30. The second-order valence-electron chi connectivity index (χ2n) is 9.65. The van der Waals surface area contributed by atoms with Gasteiger partial charge in [0.15, 0.2) is 0 Å². The minimum Gasteiger partial charge on any atom is -0.384 e. The summed E-state index contributed by atoms with van der Waals surface area (Å²) in [6.07, 6.45) is 3.93. The number of nitrogen functional groups attached to an aromatic ring is 1. The number of para-hydroxylation sites is 1. The van der Waals surface area contributed by atoms with Crippen molar-refractivity contribution in [1.82, 2.24) is 19.7 Å². The Morgan fingerprint density at radius 3 is 2.67 bits per heavy atom. The van der Waals surface area contributed by atoms with Crippen LogP contribution in [0.3, 0.4) is 0 Å². The number of amides is 1. The van der Waals surface area contributed by atoms with Gasteiger partial charge in [-0.15, -0.1) is 11.3 Å². The third kappa shape index (κ3) is 6.04. The van der Waals surface area contributed by atoms with Gasteiger partial charge in [0.25, 0.3) is 0 Å². The molecule has 0 aliphatic carbocycles. The van der Waals surface area contributed by atoms with Crippen molar-refractivity contribution in [2.45, 2.75) is 34.1 Å². The van der Waals surface area contributed by atoms with Gasteiger partial charge in [0.2, 0.25) is 15.9 Å². The molecule has 3 aromatic carbocycles. The van der Waals surface area contributed by atoms with Crippen molar-refractivity contribution in [1.29, 1.82) is 5.41 Å². The Kier molecular flexibility index (Phi) is 7.73. The molecule has 0 radical (unpaired) electrons. The summed E-state index contributed by atoms with van der Waals surface area (Å²) < 4.78 is 31.2. The first-order chi connectivity index (χ1) is 20.2. The van der Waals surface area contributed by atoms with E-state index in [2.05, 4.69) is 20.0 Å². The van der Waals surface area contributed by atoms with Gasteiger partial charge in [0.1, 0.15) is 15.9 Å². The zero-order valence-corrected chi connectivity index (χ0v) is 24.5. The summed E-state index contributed by atoms with van der Waals surface area (Å²) in [7, 11) is -4.04. The van der Waals surface area contributed by atoms with Crippen LogP contribution in [0, 0.1) is 5.41 Å². The number of rotatable bonds is 9. The number of nitrogens with two attached hydrogens (primary N) is 1. The summed E-state index contributed by atoms with van der Waals surface area (Å²) in [5.41, 5.74) is 8.96. The van der Waals surface area contributed by atoms with E-state index in [1.54, 1.807) is 42.7 Å². The standard InChI is InChI=1S/C29H25N7O3S3/c30-26(31)18-6-3-5-17(13-18)14-23(29-35-21-9-1-2-10-24(21)40-29)36-42(38,39)20-8-4-7-19(15-20)34-27(37)25-16-22-28(41-25)33-12-11-32-22/h1-13,15,23,25,36H,14,16H2,(H3,30,31)(H,34,37). The number of nitrogens with zero attached hydrogens (tertiary/aromatic N) is 3. The molecule has 10 nitrogen and oxygen atoms in total. The molecule has 1 aliphatic heterocycles. The molecule has 0 fully saturated rings. The Labute approximate surface area is 250 Å². The van der Waals surface area contributed by atoms with Gasteiger partial charge in [-0.25, -0.2) is 23.1 Å². The second-order valence-corrected chi connectivity index (χ2v) is 13.6. The van der Waals surface area contributed by atoms with Crippen molar-refractivity contribution in [3.63, 3.8) is 0 Å². The first-order valence-corrected chi connectivity index (χ1v) is 16.1. The molecule has 2 unspecified atom stereocenters. The average molecular weight is 616 g/mol. The Balaban J connectivity index is 1.25. The van der Waals surface area contributed by atoms with E-state index in [1.807, 2.05) is 30.3 Å². The summed E-state index contributed by atoms with van der Waals surface area (Å²) in [6.45, 7) is 0. The minimum atomic E-state index is -4.04. The fraction of sp³-hybridized carbons (Fsp3) is 0.138. The average Bonchev–Trinajstić information content (AvgIpc) is 3.62. The van der Waals surface area contributed by atoms with Gasteiger partial charge in [-0.3, -0.25) is 15.2 Å². The number of aromatic nitrogens is 3. The Hall–Kier alpha value is -4.17. The summed E-state index contributed by atoms with van der Waals surface area (Å²) in [6, 6.07) is 20.3. The van der Waals surface area contributed by atoms with E-state index in [0.717, 1.165) is 26.5 Å². The lowest BCUT2D eigenvalue weighted by atomic mass is 10.0. The second kappa shape index (κ2) is 11.6. The zero-order valence-electron chi connectivity index (χ0n) is 22.0. The zero-order chi connectivity index (χ0) is 29.3. The normalized spacial score (nSPS) is 15.3. The number of carbonyl (C=O) groups is 1. The summed E-state index contributed by atoms with van der Waals surface area (Å²) in [5.74, 6) is -0.319. The van der Waals surface area contributed by atoms with Crippen LogP contribution in [-0.4, -0.2) is 40.4 Å². The van der Waals surface area contributed by atoms with E-state index in [1.165, 1.54) is 35.2 Å². The molecule has 2 aromatic heterocycles. The maximum absolute atomic E-state index is 13.7. The monoisotopic (exact) mass is 615 g/mol. The van der Waals surface area contributed by atoms with Gasteiger partial charge < -0.3 is 11.1 Å². The van der Waals surface area contributed by atoms with Crippen molar-refractivity contribution in [2.75, 3.05) is 5.32 Å². The third-order valence-electron chi connectivity index (χ3n) is 6.66. The molecule has 5 aromatic rings. The molecule has 13 heteroatoms. The fourth-order valence-corrected chi connectivity index (χ4v) is 8.04. The van der Waals surface area contributed by atoms with Crippen LogP contribution in [0.1, 0.15) is 27.9 Å². The van der Waals surface area contributed by atoms with Crippen molar-refractivity contribution in [3.05, 3.63) is 107 Å². The Bertz CT molecular complexity index is 1870. The van der Waals surface area contributed by atoms with Crippen molar-refractivity contribution < 1.29 is 13.2 Å². The SMILES string of the molecule is N=C(N)c1cccc(CC(NS(=O)(=O)c2cccc(NC(=O)C3Cc4nccnc4S3)c2)c2nc3ccccc3s2)c1. The smallest absolute Gasteiger partial charge is 0.241 e. The number of benzene rings is 3. The van der Waals surface area contributed by atoms with Crippen LogP contribution < -0.4 is 15.8 Å². The quantitative estimate of drug-likeness (QED) is 0.141. The highest BCUT2D eigenvalue weighted by molar-refractivity contribution is 8.00. The van der Waals surface area contributed by atoms with E-state index in [4.69, 9.17) is 16.1 Å². The van der Waals surface area contributed by atoms with Crippen LogP contribution in [0.25, 0.3) is 10.2 Å². The fourth-order valence-electron chi connectivity index (χ4n) is 4.63. The largest absolute Gasteiger partial charge is 0.384 e. The van der Waals surface area contributed by atoms with Crippen LogP contribution in [0.5, 0.6) is 0 Å². The third-order valence-corrected chi connectivity index (χ3v) is 10.5. The highest BCUT2D eigenvalue weighted by atomic mass is 32.2. The molecule has 3 heterocycles. The van der Waals surface area contributed by atoms with Gasteiger partial charge in [0, 0.05) is 30.1 Å². The molecule has 0 bridgehead atoms. The number of hydrogen-bond donors (Lipinski definition) is 4. The Morgan fingerprint density at radius 2 is 1.86 bits per heavy atom. The van der Waals surface area contributed by atoms with Crippen LogP contribution in [0.15, 0.2) is 95.1 Å². The summed E-state index contributed by atoms with van der Waals surface area (Å²) >= 11 is 2.76. The molecule has 6 rings (SSSR count). The lowest BCUT2D eigenvalue weighted by Gasteiger charge is -2.18. The molecule has 1 aliphatic rings. The number of hydrogen-bond acceptors (Lipinski definition) is 9. The number of carbonyl (C=O) groups excluding carboxylic acids is 1. The van der Waals surface area contributed by atoms with E-state index in [9.17, 15) is 13.2 Å². The number of nitrogens with one attached hydrogen (secondary N) is 3. The van der Waals surface area contributed by atoms with Crippen molar-refractivity contribution in [3.8, 4) is 0 Å². The molecule has 0 saturated carbocycles. The Morgan fingerprint density at radius 1 is 1.05 bits per heavy atom. The maximum atomic E-state index is 13.7. The lowest BCUT2D eigenvalue weighted by molar-refractivity contribution is -0.115. The maximum Gasteiger partial charge on any atom is 0.241 e. The molecular formula is C29H25N7O3S3. The van der Waals surface area contributed by atoms with Crippen LogP contribution in [0.4, 0.5) is 5.69 Å². The van der Waals surface area contributed by atoms with Gasteiger partial charge >= 0.3 is 0 Å². The number of thiazole rings is 1. The first kappa shape index (κ1) is 28.0. The van der Waals surface area contributed by atoms with E-state index in [0.29, 0.717) is 22.7 Å². The minimum absolute atomic E-state index is 0.00888. The molecule has 5 N–H and O–H groups in total. The predicted molar refractivity (Wildman–Crippen MR) is 164 cm³/mol. The number of anilines is 1. The van der Waals surface area contributed by atoms with Gasteiger partial charge in [-0.2, -0.15) is 0 Å². The van der Waals surface area contributed by atoms with E-state index in [-0.39, 0.29) is 23.1 Å². The molecule has 212 valence electrons.